The molecule has 0 spiro atoms. The molecule has 4 rings (SSSR count). The van der Waals surface area contributed by atoms with Crippen LogP contribution in [0.15, 0.2) is 101 Å². The van der Waals surface area contributed by atoms with E-state index in [1.807, 2.05) is 17.8 Å². The summed E-state index contributed by atoms with van der Waals surface area (Å²) >= 11 is 1.89. The molecule has 0 fully saturated rings. The van der Waals surface area contributed by atoms with E-state index in [9.17, 15) is 0 Å². The molecule has 3 aromatic rings. The molecule has 1 nitrogen and oxygen atoms in total. The molecule has 0 amide bonds. The lowest BCUT2D eigenvalue weighted by Gasteiger charge is -2.11. The summed E-state index contributed by atoms with van der Waals surface area (Å²) in [4.78, 5) is 6.22. The highest BCUT2D eigenvalue weighted by atomic mass is 32.2. The normalized spacial score (nSPS) is 17.0. The standard InChI is InChI=1S/C23H19NS/c1-3-9-18(10-4-1)15-16-20-17-22(19-11-5-2-6-12-19)24-21-13-7-8-14-23(21)25-20/h1-16,20H,17H2/b16-15+. The number of fused-ring (bicyclic) bond motifs is 1. The van der Waals surface area contributed by atoms with Crippen LogP contribution in [0.4, 0.5) is 5.69 Å². The largest absolute Gasteiger partial charge is 0.252 e. The molecule has 0 bridgehead atoms. The quantitative estimate of drug-likeness (QED) is 0.538. The lowest BCUT2D eigenvalue weighted by atomic mass is 10.0. The van der Waals surface area contributed by atoms with Crippen LogP contribution in [-0.2, 0) is 0 Å². The first-order chi connectivity index (χ1) is 12.4. The Labute approximate surface area is 153 Å². The summed E-state index contributed by atoms with van der Waals surface area (Å²) in [6.45, 7) is 0. The Balaban J connectivity index is 1.68. The van der Waals surface area contributed by atoms with Gasteiger partial charge in [-0.25, -0.2) is 0 Å². The fourth-order valence-electron chi connectivity index (χ4n) is 2.94. The number of hydrogen-bond acceptors (Lipinski definition) is 2. The van der Waals surface area contributed by atoms with Crippen LogP contribution in [0.25, 0.3) is 6.08 Å². The van der Waals surface area contributed by atoms with Crippen molar-refractivity contribution in [3.05, 3.63) is 102 Å². The van der Waals surface area contributed by atoms with Crippen LogP contribution in [0.1, 0.15) is 17.5 Å². The summed E-state index contributed by atoms with van der Waals surface area (Å²) in [5.74, 6) is 0. The molecule has 1 aliphatic heterocycles. The minimum Gasteiger partial charge on any atom is -0.252 e. The maximum atomic E-state index is 4.98. The van der Waals surface area contributed by atoms with Gasteiger partial charge in [-0.1, -0.05) is 84.9 Å². The summed E-state index contributed by atoms with van der Waals surface area (Å²) in [5, 5.41) is 0.364. The number of para-hydroxylation sites is 1. The van der Waals surface area contributed by atoms with Crippen LogP contribution in [0, 0.1) is 0 Å². The van der Waals surface area contributed by atoms with Crippen molar-refractivity contribution < 1.29 is 0 Å². The second-order valence-corrected chi connectivity index (χ2v) is 7.30. The fraction of sp³-hybridized carbons (Fsp3) is 0.0870. The molecule has 1 aliphatic rings. The van der Waals surface area contributed by atoms with Gasteiger partial charge in [0, 0.05) is 22.3 Å². The molecule has 25 heavy (non-hydrogen) atoms. The van der Waals surface area contributed by atoms with Gasteiger partial charge in [0.25, 0.3) is 0 Å². The molecular formula is C23H19NS. The minimum atomic E-state index is 0.364. The van der Waals surface area contributed by atoms with Crippen molar-refractivity contribution in [3.8, 4) is 0 Å². The fourth-order valence-corrected chi connectivity index (χ4v) is 4.05. The van der Waals surface area contributed by atoms with Crippen molar-refractivity contribution in [2.75, 3.05) is 0 Å². The average molecular weight is 341 g/mol. The van der Waals surface area contributed by atoms with Gasteiger partial charge < -0.3 is 0 Å². The molecule has 0 radical (unpaired) electrons. The third kappa shape index (κ3) is 3.92. The Morgan fingerprint density at radius 2 is 1.48 bits per heavy atom. The summed E-state index contributed by atoms with van der Waals surface area (Å²) in [6, 6.07) is 29.4. The lowest BCUT2D eigenvalue weighted by molar-refractivity contribution is 1.13. The number of hydrogen-bond donors (Lipinski definition) is 0. The van der Waals surface area contributed by atoms with Crippen LogP contribution in [-0.4, -0.2) is 11.0 Å². The summed E-state index contributed by atoms with van der Waals surface area (Å²) in [7, 11) is 0. The number of thioether (sulfide) groups is 1. The molecule has 1 unspecified atom stereocenters. The van der Waals surface area contributed by atoms with Gasteiger partial charge in [0.2, 0.25) is 0 Å². The first kappa shape index (κ1) is 15.9. The van der Waals surface area contributed by atoms with Crippen LogP contribution in [0.3, 0.4) is 0 Å². The zero-order valence-corrected chi connectivity index (χ0v) is 14.7. The molecule has 122 valence electrons. The van der Waals surface area contributed by atoms with Gasteiger partial charge in [-0.3, -0.25) is 4.99 Å². The van der Waals surface area contributed by atoms with E-state index in [4.69, 9.17) is 4.99 Å². The molecule has 3 aromatic carbocycles. The first-order valence-corrected chi connectivity index (χ1v) is 9.38. The van der Waals surface area contributed by atoms with Crippen molar-refractivity contribution in [3.63, 3.8) is 0 Å². The maximum absolute atomic E-state index is 4.98. The van der Waals surface area contributed by atoms with Gasteiger partial charge >= 0.3 is 0 Å². The van der Waals surface area contributed by atoms with Crippen LogP contribution >= 0.6 is 11.8 Å². The van der Waals surface area contributed by atoms with Crippen LogP contribution < -0.4 is 0 Å². The predicted octanol–water partition coefficient (Wildman–Crippen LogP) is 6.39. The SMILES string of the molecule is C(=C\C1CC(c2ccccc2)=Nc2ccccc2S1)/c1ccccc1. The van der Waals surface area contributed by atoms with E-state index >= 15 is 0 Å². The Bertz CT molecular complexity index is 898. The Kier molecular flexibility index (Phi) is 4.80. The topological polar surface area (TPSA) is 12.4 Å². The summed E-state index contributed by atoms with van der Waals surface area (Å²) in [5.41, 5.74) is 4.67. The first-order valence-electron chi connectivity index (χ1n) is 8.50. The number of rotatable bonds is 3. The van der Waals surface area contributed by atoms with Gasteiger partial charge in [0.1, 0.15) is 0 Å². The smallest absolute Gasteiger partial charge is 0.0769 e. The Morgan fingerprint density at radius 1 is 0.800 bits per heavy atom. The molecule has 1 atom stereocenters. The highest BCUT2D eigenvalue weighted by Crippen LogP contribution is 2.38. The second-order valence-electron chi connectivity index (χ2n) is 6.02. The van der Waals surface area contributed by atoms with E-state index in [0.717, 1.165) is 17.8 Å². The Hall–Kier alpha value is -2.58. The van der Waals surface area contributed by atoms with E-state index in [2.05, 4.69) is 91.0 Å². The molecule has 0 N–H and O–H groups in total. The van der Waals surface area contributed by atoms with E-state index < -0.39 is 0 Å². The van der Waals surface area contributed by atoms with Gasteiger partial charge in [-0.05, 0) is 23.3 Å². The van der Waals surface area contributed by atoms with E-state index in [-0.39, 0.29) is 0 Å². The highest BCUT2D eigenvalue weighted by molar-refractivity contribution is 8.00. The van der Waals surface area contributed by atoms with E-state index in [1.165, 1.54) is 16.0 Å². The third-order valence-electron chi connectivity index (χ3n) is 4.20. The van der Waals surface area contributed by atoms with Gasteiger partial charge in [-0.2, -0.15) is 0 Å². The van der Waals surface area contributed by atoms with Gasteiger partial charge in [0.05, 0.1) is 5.69 Å². The molecule has 0 saturated heterocycles. The summed E-state index contributed by atoms with van der Waals surface area (Å²) < 4.78 is 0. The lowest BCUT2D eigenvalue weighted by Crippen LogP contribution is -2.08. The average Bonchev–Trinajstić information content (AvgIpc) is 2.87. The van der Waals surface area contributed by atoms with Crippen LogP contribution in [0.5, 0.6) is 0 Å². The van der Waals surface area contributed by atoms with Crippen molar-refractivity contribution in [1.29, 1.82) is 0 Å². The number of aliphatic imine (C=N–C) groups is 1. The zero-order chi connectivity index (χ0) is 16.9. The monoisotopic (exact) mass is 341 g/mol. The summed E-state index contributed by atoms with van der Waals surface area (Å²) in [6.07, 6.45) is 5.45. The van der Waals surface area contributed by atoms with Crippen molar-refractivity contribution in [1.82, 2.24) is 0 Å². The number of benzene rings is 3. The minimum absolute atomic E-state index is 0.364. The number of nitrogens with zero attached hydrogens (tertiary/aromatic N) is 1. The maximum Gasteiger partial charge on any atom is 0.0769 e. The predicted molar refractivity (Wildman–Crippen MR) is 109 cm³/mol. The highest BCUT2D eigenvalue weighted by Gasteiger charge is 2.18. The van der Waals surface area contributed by atoms with E-state index in [0.29, 0.717) is 5.25 Å². The third-order valence-corrected chi connectivity index (χ3v) is 5.43. The molecule has 0 saturated carbocycles. The molecular weight excluding hydrogens is 322 g/mol. The molecule has 0 aromatic heterocycles. The molecule has 2 heteroatoms. The zero-order valence-electron chi connectivity index (χ0n) is 13.9. The van der Waals surface area contributed by atoms with Gasteiger partial charge in [-0.15, -0.1) is 11.8 Å². The Morgan fingerprint density at radius 3 is 2.28 bits per heavy atom. The van der Waals surface area contributed by atoms with Crippen molar-refractivity contribution in [2.45, 2.75) is 16.6 Å². The molecule has 0 aliphatic carbocycles. The van der Waals surface area contributed by atoms with Crippen molar-refractivity contribution >= 4 is 29.2 Å². The second kappa shape index (κ2) is 7.54. The van der Waals surface area contributed by atoms with Crippen molar-refractivity contribution in [2.24, 2.45) is 4.99 Å². The van der Waals surface area contributed by atoms with E-state index in [1.54, 1.807) is 0 Å². The van der Waals surface area contributed by atoms with Gasteiger partial charge in [0.15, 0.2) is 0 Å². The van der Waals surface area contributed by atoms with Crippen LogP contribution in [0.2, 0.25) is 0 Å². The molecule has 1 heterocycles.